The van der Waals surface area contributed by atoms with Crippen molar-refractivity contribution in [2.45, 2.75) is 51.7 Å². The molecule has 16 rings (SSSR count). The lowest BCUT2D eigenvalue weighted by Gasteiger charge is -2.15. The van der Waals surface area contributed by atoms with Crippen molar-refractivity contribution in [2.75, 3.05) is 194 Å². The van der Waals surface area contributed by atoms with Crippen molar-refractivity contribution in [1.82, 2.24) is 121 Å². The summed E-state index contributed by atoms with van der Waals surface area (Å²) in [7, 11) is 24.0. The van der Waals surface area contributed by atoms with Crippen molar-refractivity contribution >= 4 is 95.2 Å². The Morgan fingerprint density at radius 2 is 0.637 bits per heavy atom. The molecule has 0 bridgehead atoms. The maximum absolute atomic E-state index is 9.45. The van der Waals surface area contributed by atoms with Crippen LogP contribution in [0.4, 0.5) is 95.2 Å². The van der Waals surface area contributed by atoms with Crippen LogP contribution >= 0.6 is 0 Å². The van der Waals surface area contributed by atoms with Gasteiger partial charge in [-0.2, -0.15) is 29.9 Å². The van der Waals surface area contributed by atoms with Crippen LogP contribution in [0, 0.1) is 0 Å². The predicted octanol–water partition coefficient (Wildman–Crippen LogP) is 5.96. The molecule has 8 aromatic carbocycles. The number of nitrogens with zero attached hydrogens (tertiary/aromatic N) is 24. The molecular formula is C90H124N40O16. The summed E-state index contributed by atoms with van der Waals surface area (Å²) in [6, 6.07) is 37.9. The summed E-state index contributed by atoms with van der Waals surface area (Å²) in [5, 5.41) is 225. The molecular weight excluding hydrogens is 1900 g/mol. The van der Waals surface area contributed by atoms with Crippen LogP contribution in [0.3, 0.4) is 0 Å². The van der Waals surface area contributed by atoms with Gasteiger partial charge in [0.25, 0.3) is 0 Å². The zero-order valence-electron chi connectivity index (χ0n) is 82.2. The van der Waals surface area contributed by atoms with E-state index >= 15 is 0 Å². The second kappa shape index (κ2) is 53.6. The molecule has 0 fully saturated rings. The third kappa shape index (κ3) is 34.5. The molecule has 8 heterocycles. The number of hydrogen-bond acceptors (Lipinski definition) is 48. The minimum absolute atomic E-state index is 0.101. The first-order valence-corrected chi connectivity index (χ1v) is 44.5. The van der Waals surface area contributed by atoms with Crippen LogP contribution in [0.2, 0.25) is 0 Å². The van der Waals surface area contributed by atoms with Crippen LogP contribution in [0.15, 0.2) is 146 Å². The van der Waals surface area contributed by atoms with E-state index in [0.717, 1.165) is 50.5 Å². The Morgan fingerprint density at radius 3 is 1.03 bits per heavy atom. The molecule has 0 atom stereocenters. The van der Waals surface area contributed by atoms with Crippen molar-refractivity contribution in [1.29, 1.82) is 0 Å². The largest absolute Gasteiger partial charge is 0.504 e. The lowest BCUT2D eigenvalue weighted by molar-refractivity contribution is 0.403. The highest BCUT2D eigenvalue weighted by atomic mass is 16.3. The number of H-pyrrole nitrogens is 6. The first-order valence-electron chi connectivity index (χ1n) is 44.5. The highest BCUT2D eigenvalue weighted by Gasteiger charge is 2.18. The molecule has 0 saturated carbocycles. The van der Waals surface area contributed by atoms with Crippen molar-refractivity contribution in [3.05, 3.63) is 190 Å². The topological polar surface area (TPSA) is 816 Å². The smallest absolute Gasteiger partial charge is 0.246 e. The molecule has 0 spiro atoms. The fourth-order valence-electron chi connectivity index (χ4n) is 12.4. The van der Waals surface area contributed by atoms with Gasteiger partial charge in [0.1, 0.15) is 0 Å². The maximum atomic E-state index is 9.45. The number of aromatic amines is 6. The molecule has 0 aliphatic heterocycles. The summed E-state index contributed by atoms with van der Waals surface area (Å²) in [4.78, 5) is 35.8. The molecule has 0 saturated heterocycles. The fraction of sp³-hybridized carbons (Fsp3) is 0.289. The SMILES string of the molecule is CN(C)c1n[nH]c(N(C)Cc2ccc(O)c(O)c2)n1.CN(C)c1n[nH]c(NCc2ccc(O)c(O)c2)n1.CN(C)c1nnc(NCc2ccc(O)c(O)c2)n1C.CN(CCc1ccc(O)c(O)c1)c1n[nH]c(N)n1.CNc1n[nH]c(NCCc2ccc(O)c(O)c2)n1.CNc1nc(N(C)CCc2ccc(O)c(O)c2)n[nH]1.Cn1c(N)nnc1NCCc1ccc(O)c(O)c1.Nc1nc(NCCc2ccc(O)c(O)c2)n[nH]1. The average Bonchev–Trinajstić information content (AvgIpc) is 1.69. The van der Waals surface area contributed by atoms with Crippen LogP contribution in [0.1, 0.15) is 44.5 Å². The van der Waals surface area contributed by atoms with Gasteiger partial charge >= 0.3 is 0 Å². The zero-order chi connectivity index (χ0) is 106. The Hall–Kier alpha value is -19.5. The first-order chi connectivity index (χ1) is 69.6. The quantitative estimate of drug-likeness (QED) is 0.0207. The Kier molecular flexibility index (Phi) is 40.4. The Bertz CT molecular complexity index is 6740. The van der Waals surface area contributed by atoms with Gasteiger partial charge in [-0.3, -0.25) is 9.13 Å². The molecule has 56 heteroatoms. The van der Waals surface area contributed by atoms with Gasteiger partial charge in [0.15, 0.2) is 92.0 Å². The number of hydrogen-bond donors (Lipinski definition) is 32. The van der Waals surface area contributed by atoms with Crippen LogP contribution in [-0.4, -0.2) is 313 Å². The standard InChI is InChI=1S/3C12H17N5O2.4C11H15N5O2.C10H13N5O2/c1-16(2)11-13-12(15-14-11)17(3)7-8-4-5-9(18)10(19)6-8;1-16(2)12-15-14-11(17(12)3)13-7-8-4-5-9(18)10(19)6-8;1-13-11-14-12(16-15-11)17(2)6-5-8-3-4-9(18)10(19)7-8;1-16(2)11-13-10(14-15-11)12-6-7-3-4-8(17)9(18)5-7;1-16(11-13-10(12)14-15-11)5-4-7-2-3-8(17)9(18)6-7;1-16-10(12)14-15-11(16)13-5-4-7-2-3-8(17)9(18)6-7;1-12-10-14-11(16-15-10)13-5-4-7-2-3-8(17)9(18)6-7;11-9-13-10(15-14-9)12-4-3-6-1-2-7(16)8(17)5-6/h4-6,18-19H,7H2,1-3H3,(H,13,14,15);4-6,18-19H,7H2,1-3H3,(H,13,14);3-4,7,18-19H,5-6H2,1-2H3,(H2,13,14,15,16);3-5,17-18H,6H2,1-2H3,(H2,12,13,14,15);2-3,6,17-18H,4-5H2,1H3,(H3,12,13,14,15);2-3,6,17-18H,4-5H2,1H3,(H2,12,14)(H,13,15);2-3,6,17-18H,4-5H2,1H3,(H3,12,13,14,15,16);1-2,5,16-17H,3-4H2,(H4,11,12,13,14,15). The number of anilines is 16. The predicted molar refractivity (Wildman–Crippen MR) is 551 cm³/mol. The number of rotatable bonds is 34. The van der Waals surface area contributed by atoms with E-state index in [-0.39, 0.29) is 104 Å². The molecule has 35 N–H and O–H groups in total. The van der Waals surface area contributed by atoms with E-state index in [4.69, 9.17) is 22.3 Å². The van der Waals surface area contributed by atoms with Crippen LogP contribution in [0.25, 0.3) is 0 Å². The van der Waals surface area contributed by atoms with E-state index in [1.54, 1.807) is 90.1 Å². The molecule has 780 valence electrons. The van der Waals surface area contributed by atoms with Gasteiger partial charge in [-0.1, -0.05) is 48.5 Å². The molecule has 146 heavy (non-hydrogen) atoms. The second-order valence-electron chi connectivity index (χ2n) is 32.5. The van der Waals surface area contributed by atoms with Crippen molar-refractivity contribution in [3.63, 3.8) is 0 Å². The van der Waals surface area contributed by atoms with Gasteiger partial charge in [0.2, 0.25) is 95.2 Å². The number of likely N-dealkylation sites (N-methyl/N-ethyl adjacent to an activating group) is 2. The molecule has 0 unspecified atom stereocenters. The molecule has 8 aromatic heterocycles. The summed E-state index contributed by atoms with van der Waals surface area (Å²) in [5.41, 5.74) is 23.5. The molecule has 0 radical (unpaired) electrons. The van der Waals surface area contributed by atoms with Crippen LogP contribution in [0.5, 0.6) is 92.0 Å². The maximum Gasteiger partial charge on any atom is 0.246 e. The number of nitrogens with one attached hydrogen (secondary N) is 13. The number of aromatic nitrogens is 24. The second-order valence-corrected chi connectivity index (χ2v) is 32.5. The van der Waals surface area contributed by atoms with Crippen molar-refractivity contribution < 1.29 is 81.7 Å². The zero-order valence-corrected chi connectivity index (χ0v) is 82.2. The molecule has 0 amide bonds. The third-order valence-electron chi connectivity index (χ3n) is 20.6. The normalized spacial score (nSPS) is 10.4. The average molecular weight is 2020 g/mol. The fourth-order valence-corrected chi connectivity index (χ4v) is 12.4. The lowest BCUT2D eigenvalue weighted by atomic mass is 10.1. The Balaban J connectivity index is 0.000000186. The number of benzene rings is 8. The summed E-state index contributed by atoms with van der Waals surface area (Å²) in [6.45, 7) is 4.71. The number of nitrogens with two attached hydrogens (primary N) is 3. The van der Waals surface area contributed by atoms with Gasteiger partial charge in [-0.05, 0) is 174 Å². The van der Waals surface area contributed by atoms with Crippen molar-refractivity contribution in [3.8, 4) is 92.0 Å². The van der Waals surface area contributed by atoms with Gasteiger partial charge in [-0.15, -0.1) is 51.0 Å². The molecule has 16 aromatic rings. The van der Waals surface area contributed by atoms with E-state index < -0.39 is 0 Å². The van der Waals surface area contributed by atoms with Crippen molar-refractivity contribution in [2.24, 2.45) is 14.1 Å². The van der Waals surface area contributed by atoms with Gasteiger partial charge in [0.05, 0.1) is 0 Å². The minimum Gasteiger partial charge on any atom is -0.504 e. The van der Waals surface area contributed by atoms with E-state index in [9.17, 15) is 76.6 Å². The molecule has 0 aliphatic carbocycles. The Morgan fingerprint density at radius 1 is 0.288 bits per heavy atom. The summed E-state index contributed by atoms with van der Waals surface area (Å²) in [5.74, 6) is 6.61. The summed E-state index contributed by atoms with van der Waals surface area (Å²) >= 11 is 0. The third-order valence-corrected chi connectivity index (χ3v) is 20.6. The molecule has 56 nitrogen and oxygen atoms in total. The monoisotopic (exact) mass is 2020 g/mol. The summed E-state index contributed by atoms with van der Waals surface area (Å²) < 4.78 is 3.48. The summed E-state index contributed by atoms with van der Waals surface area (Å²) in [6.07, 6.45) is 3.46. The molecule has 0 aliphatic rings. The van der Waals surface area contributed by atoms with E-state index in [0.29, 0.717) is 162 Å². The van der Waals surface area contributed by atoms with Gasteiger partial charge in [-0.25, -0.2) is 30.6 Å². The van der Waals surface area contributed by atoms with Crippen LogP contribution < -0.4 is 83.8 Å². The number of nitrogen functional groups attached to an aromatic ring is 3. The van der Waals surface area contributed by atoms with Crippen LogP contribution in [-0.2, 0) is 65.8 Å². The number of phenols is 16. The number of aromatic hydroxyl groups is 16. The lowest BCUT2D eigenvalue weighted by Crippen LogP contribution is -2.21. The number of phenolic OH excluding ortho intramolecular Hbond substituents is 16. The van der Waals surface area contributed by atoms with E-state index in [1.807, 2.05) is 94.6 Å². The van der Waals surface area contributed by atoms with E-state index in [2.05, 4.69) is 149 Å². The first kappa shape index (κ1) is 110. The Labute approximate surface area is 835 Å². The van der Waals surface area contributed by atoms with Gasteiger partial charge < -0.3 is 166 Å². The highest BCUT2D eigenvalue weighted by molar-refractivity contribution is 5.51. The minimum atomic E-state index is -0.138. The van der Waals surface area contributed by atoms with E-state index in [1.165, 1.54) is 91.0 Å². The van der Waals surface area contributed by atoms with Gasteiger partial charge in [0, 0.05) is 144 Å². The highest BCUT2D eigenvalue weighted by Crippen LogP contribution is 2.33.